The molecule has 3 nitrogen and oxygen atoms in total. The quantitative estimate of drug-likeness (QED) is 0.811. The number of aromatic nitrogens is 1. The summed E-state index contributed by atoms with van der Waals surface area (Å²) in [5, 5.41) is 3.38. The molecule has 0 aliphatic carbocycles. The predicted octanol–water partition coefficient (Wildman–Crippen LogP) is 3.32. The predicted molar refractivity (Wildman–Crippen MR) is 76.1 cm³/mol. The van der Waals surface area contributed by atoms with Crippen molar-refractivity contribution < 1.29 is 4.74 Å². The van der Waals surface area contributed by atoms with Crippen LogP contribution in [0.1, 0.15) is 18.2 Å². The number of methoxy groups -OCH3 is 1. The molecule has 0 radical (unpaired) electrons. The highest BCUT2D eigenvalue weighted by atomic mass is 32.1. The summed E-state index contributed by atoms with van der Waals surface area (Å²) in [4.78, 5) is 1.27. The Balaban J connectivity index is 2.08. The second-order valence-corrected chi connectivity index (χ2v) is 4.98. The molecule has 0 aliphatic rings. The largest absolute Gasteiger partial charge is 0.497 e. The second-order valence-electron chi connectivity index (χ2n) is 4.09. The molecule has 0 saturated heterocycles. The van der Waals surface area contributed by atoms with Crippen molar-refractivity contribution in [2.45, 2.75) is 19.9 Å². The van der Waals surface area contributed by atoms with Crippen LogP contribution < -0.4 is 10.1 Å². The minimum absolute atomic E-state index is 0.867. The molecule has 1 aromatic heterocycles. The zero-order valence-electron chi connectivity index (χ0n) is 10.8. The normalized spacial score (nSPS) is 10.6. The van der Waals surface area contributed by atoms with Crippen LogP contribution in [0.2, 0.25) is 0 Å². The molecular weight excluding hydrogens is 244 g/mol. The van der Waals surface area contributed by atoms with E-state index in [1.807, 2.05) is 18.2 Å². The highest BCUT2D eigenvalue weighted by molar-refractivity contribution is 7.06. The summed E-state index contributed by atoms with van der Waals surface area (Å²) in [6, 6.07) is 10.1. The van der Waals surface area contributed by atoms with Crippen LogP contribution in [0.3, 0.4) is 0 Å². The van der Waals surface area contributed by atoms with Gasteiger partial charge >= 0.3 is 0 Å². The molecule has 0 aliphatic heterocycles. The summed E-state index contributed by atoms with van der Waals surface area (Å²) in [6.07, 6.45) is 1.15. The fraction of sp³-hybridized carbons (Fsp3) is 0.357. The van der Waals surface area contributed by atoms with Gasteiger partial charge in [0.2, 0.25) is 0 Å². The van der Waals surface area contributed by atoms with E-state index in [0.717, 1.165) is 36.5 Å². The van der Waals surface area contributed by atoms with Gasteiger partial charge in [-0.25, -0.2) is 0 Å². The van der Waals surface area contributed by atoms with E-state index in [0.29, 0.717) is 0 Å². The van der Waals surface area contributed by atoms with Gasteiger partial charge in [-0.2, -0.15) is 4.37 Å². The van der Waals surface area contributed by atoms with Crippen molar-refractivity contribution in [3.63, 3.8) is 0 Å². The number of benzene rings is 1. The van der Waals surface area contributed by atoms with Gasteiger partial charge in [0.15, 0.2) is 0 Å². The van der Waals surface area contributed by atoms with Gasteiger partial charge in [-0.3, -0.25) is 0 Å². The number of rotatable bonds is 6. The van der Waals surface area contributed by atoms with E-state index >= 15 is 0 Å². The van der Waals surface area contributed by atoms with Crippen LogP contribution >= 0.6 is 11.5 Å². The molecule has 2 rings (SSSR count). The molecule has 0 fully saturated rings. The van der Waals surface area contributed by atoms with Crippen LogP contribution in [0, 0.1) is 0 Å². The molecule has 0 saturated carbocycles. The molecule has 18 heavy (non-hydrogen) atoms. The maximum absolute atomic E-state index is 5.23. The summed E-state index contributed by atoms with van der Waals surface area (Å²) < 4.78 is 9.71. The van der Waals surface area contributed by atoms with Crippen LogP contribution in [0.25, 0.3) is 11.3 Å². The molecule has 0 unspecified atom stereocenters. The third kappa shape index (κ3) is 3.31. The van der Waals surface area contributed by atoms with Gasteiger partial charge in [0, 0.05) is 17.0 Å². The topological polar surface area (TPSA) is 34.1 Å². The maximum Gasteiger partial charge on any atom is 0.119 e. The summed E-state index contributed by atoms with van der Waals surface area (Å²) in [6.45, 7) is 4.11. The number of nitrogens with zero attached hydrogens (tertiary/aromatic N) is 1. The Labute approximate surface area is 112 Å². The first-order valence-electron chi connectivity index (χ1n) is 6.14. The lowest BCUT2D eigenvalue weighted by Gasteiger charge is -2.01. The van der Waals surface area contributed by atoms with Crippen molar-refractivity contribution in [1.29, 1.82) is 0 Å². The molecule has 0 atom stereocenters. The Morgan fingerprint density at radius 1 is 1.33 bits per heavy atom. The highest BCUT2D eigenvalue weighted by Crippen LogP contribution is 2.25. The fourth-order valence-electron chi connectivity index (χ4n) is 1.70. The van der Waals surface area contributed by atoms with Crippen LogP contribution in [-0.4, -0.2) is 18.0 Å². The lowest BCUT2D eigenvalue weighted by molar-refractivity contribution is 0.415. The van der Waals surface area contributed by atoms with Crippen molar-refractivity contribution in [3.05, 3.63) is 35.2 Å². The minimum Gasteiger partial charge on any atom is -0.497 e. The molecule has 0 amide bonds. The number of ether oxygens (including phenoxy) is 1. The molecule has 2 aromatic rings. The molecular formula is C14H18N2OS. The summed E-state index contributed by atoms with van der Waals surface area (Å²) in [5.74, 6) is 0.867. The van der Waals surface area contributed by atoms with Crippen LogP contribution in [0.5, 0.6) is 5.75 Å². The number of hydrogen-bond donors (Lipinski definition) is 1. The number of nitrogens with one attached hydrogen (secondary N) is 1. The van der Waals surface area contributed by atoms with Gasteiger partial charge in [0.1, 0.15) is 5.75 Å². The van der Waals surface area contributed by atoms with Crippen LogP contribution in [-0.2, 0) is 6.54 Å². The van der Waals surface area contributed by atoms with Gasteiger partial charge < -0.3 is 10.1 Å². The summed E-state index contributed by atoms with van der Waals surface area (Å²) in [5.41, 5.74) is 2.12. The van der Waals surface area contributed by atoms with Crippen molar-refractivity contribution >= 4 is 11.5 Å². The monoisotopic (exact) mass is 262 g/mol. The SMILES string of the molecule is CCCNCc1cc(-c2cccc(OC)c2)ns1. The van der Waals surface area contributed by atoms with Crippen LogP contribution in [0.4, 0.5) is 0 Å². The molecule has 0 spiro atoms. The average Bonchev–Trinajstić information content (AvgIpc) is 2.88. The van der Waals surface area contributed by atoms with Crippen molar-refractivity contribution in [3.8, 4) is 17.0 Å². The minimum atomic E-state index is 0.867. The fourth-order valence-corrected chi connectivity index (χ4v) is 2.41. The smallest absolute Gasteiger partial charge is 0.119 e. The molecule has 4 heteroatoms. The van der Waals surface area contributed by atoms with E-state index in [-0.39, 0.29) is 0 Å². The standard InChI is InChI=1S/C14H18N2OS/c1-3-7-15-10-13-9-14(16-18-13)11-5-4-6-12(8-11)17-2/h4-6,8-9,15H,3,7,10H2,1-2H3. The zero-order valence-corrected chi connectivity index (χ0v) is 11.6. The first-order chi connectivity index (χ1) is 8.83. The van der Waals surface area contributed by atoms with Gasteiger partial charge in [-0.05, 0) is 42.7 Å². The average molecular weight is 262 g/mol. The third-order valence-electron chi connectivity index (χ3n) is 2.65. The molecule has 1 aromatic carbocycles. The zero-order chi connectivity index (χ0) is 12.8. The second kappa shape index (κ2) is 6.52. The van der Waals surface area contributed by atoms with Crippen molar-refractivity contribution in [2.24, 2.45) is 0 Å². The molecule has 1 heterocycles. The highest BCUT2D eigenvalue weighted by Gasteiger charge is 2.05. The molecule has 1 N–H and O–H groups in total. The summed E-state index contributed by atoms with van der Waals surface area (Å²) in [7, 11) is 1.68. The van der Waals surface area contributed by atoms with Crippen molar-refractivity contribution in [2.75, 3.05) is 13.7 Å². The van der Waals surface area contributed by atoms with Gasteiger partial charge in [0.05, 0.1) is 12.8 Å². The molecule has 0 bridgehead atoms. The Bertz CT molecular complexity index is 496. The Morgan fingerprint density at radius 2 is 2.22 bits per heavy atom. The van der Waals surface area contributed by atoms with E-state index in [4.69, 9.17) is 4.74 Å². The van der Waals surface area contributed by atoms with E-state index < -0.39 is 0 Å². The van der Waals surface area contributed by atoms with Gasteiger partial charge in [-0.1, -0.05) is 19.1 Å². The van der Waals surface area contributed by atoms with Gasteiger partial charge in [-0.15, -0.1) is 0 Å². The lowest BCUT2D eigenvalue weighted by Crippen LogP contribution is -2.12. The van der Waals surface area contributed by atoms with Crippen molar-refractivity contribution in [1.82, 2.24) is 9.69 Å². The number of hydrogen-bond acceptors (Lipinski definition) is 4. The van der Waals surface area contributed by atoms with E-state index in [9.17, 15) is 0 Å². The van der Waals surface area contributed by atoms with E-state index in [2.05, 4.69) is 28.7 Å². The van der Waals surface area contributed by atoms with Gasteiger partial charge in [0.25, 0.3) is 0 Å². The Kier molecular flexibility index (Phi) is 4.73. The Morgan fingerprint density at radius 3 is 3.00 bits per heavy atom. The van der Waals surface area contributed by atoms with E-state index in [1.54, 1.807) is 18.6 Å². The Hall–Kier alpha value is -1.39. The lowest BCUT2D eigenvalue weighted by atomic mass is 10.1. The third-order valence-corrected chi connectivity index (χ3v) is 3.44. The maximum atomic E-state index is 5.23. The first kappa shape index (κ1) is 13.1. The first-order valence-corrected chi connectivity index (χ1v) is 6.91. The van der Waals surface area contributed by atoms with Crippen LogP contribution in [0.15, 0.2) is 30.3 Å². The molecule has 96 valence electrons. The van der Waals surface area contributed by atoms with E-state index in [1.165, 1.54) is 4.88 Å². The summed E-state index contributed by atoms with van der Waals surface area (Å²) >= 11 is 1.55.